The van der Waals surface area contributed by atoms with Crippen LogP contribution in [0.1, 0.15) is 12.0 Å². The van der Waals surface area contributed by atoms with Crippen molar-refractivity contribution in [3.63, 3.8) is 0 Å². The van der Waals surface area contributed by atoms with Crippen molar-refractivity contribution in [2.24, 2.45) is 0 Å². The lowest BCUT2D eigenvalue weighted by Crippen LogP contribution is -2.01. The molecule has 16 heavy (non-hydrogen) atoms. The van der Waals surface area contributed by atoms with E-state index >= 15 is 0 Å². The standard InChI is InChI=1S/C12H14N2O2/c1-9-3-5-14-12-10(16-8-2-7-15)4-6-13-11(9)12/h3-6,15H,2,7-8H2,1H3. The lowest BCUT2D eigenvalue weighted by Gasteiger charge is -2.08. The summed E-state index contributed by atoms with van der Waals surface area (Å²) in [6, 6.07) is 3.72. The number of aryl methyl sites for hydroxylation is 1. The van der Waals surface area contributed by atoms with Gasteiger partial charge in [0.05, 0.1) is 12.1 Å². The lowest BCUT2D eigenvalue weighted by molar-refractivity contribution is 0.234. The molecule has 0 unspecified atom stereocenters. The summed E-state index contributed by atoms with van der Waals surface area (Å²) in [7, 11) is 0. The van der Waals surface area contributed by atoms with E-state index in [0.717, 1.165) is 22.3 Å². The Bertz CT molecular complexity index is 485. The molecule has 84 valence electrons. The van der Waals surface area contributed by atoms with E-state index in [1.165, 1.54) is 0 Å². The Morgan fingerprint density at radius 2 is 1.94 bits per heavy atom. The number of pyridine rings is 2. The second kappa shape index (κ2) is 4.90. The van der Waals surface area contributed by atoms with Gasteiger partial charge in [-0.2, -0.15) is 0 Å². The Morgan fingerprint density at radius 3 is 2.75 bits per heavy atom. The van der Waals surface area contributed by atoms with Crippen LogP contribution in [0.15, 0.2) is 24.5 Å². The number of nitrogens with zero attached hydrogens (tertiary/aromatic N) is 2. The molecular formula is C12H14N2O2. The number of hydrogen-bond donors (Lipinski definition) is 1. The topological polar surface area (TPSA) is 55.2 Å². The molecule has 0 aromatic carbocycles. The van der Waals surface area contributed by atoms with Gasteiger partial charge in [0, 0.05) is 31.5 Å². The van der Waals surface area contributed by atoms with E-state index < -0.39 is 0 Å². The Hall–Kier alpha value is -1.68. The number of rotatable bonds is 4. The van der Waals surface area contributed by atoms with Crippen LogP contribution in [0.2, 0.25) is 0 Å². The molecule has 2 aromatic heterocycles. The fraction of sp³-hybridized carbons (Fsp3) is 0.333. The molecular weight excluding hydrogens is 204 g/mol. The Balaban J connectivity index is 2.34. The summed E-state index contributed by atoms with van der Waals surface area (Å²) >= 11 is 0. The monoisotopic (exact) mass is 218 g/mol. The summed E-state index contributed by atoms with van der Waals surface area (Å²) in [5, 5.41) is 8.69. The number of ether oxygens (including phenoxy) is 1. The van der Waals surface area contributed by atoms with E-state index in [2.05, 4.69) is 9.97 Å². The quantitative estimate of drug-likeness (QED) is 0.793. The van der Waals surface area contributed by atoms with Gasteiger partial charge in [0.15, 0.2) is 0 Å². The van der Waals surface area contributed by atoms with Gasteiger partial charge in [0.2, 0.25) is 0 Å². The minimum absolute atomic E-state index is 0.134. The van der Waals surface area contributed by atoms with Crippen molar-refractivity contribution in [1.82, 2.24) is 9.97 Å². The van der Waals surface area contributed by atoms with Crippen molar-refractivity contribution in [2.75, 3.05) is 13.2 Å². The summed E-state index contributed by atoms with van der Waals surface area (Å²) in [4.78, 5) is 8.55. The zero-order valence-electron chi connectivity index (χ0n) is 9.18. The molecule has 0 saturated heterocycles. The SMILES string of the molecule is Cc1ccnc2c(OCCCO)ccnc12. The van der Waals surface area contributed by atoms with Crippen molar-refractivity contribution in [1.29, 1.82) is 0 Å². The van der Waals surface area contributed by atoms with E-state index in [1.54, 1.807) is 18.5 Å². The Labute approximate surface area is 93.9 Å². The smallest absolute Gasteiger partial charge is 0.148 e. The predicted molar refractivity (Wildman–Crippen MR) is 61.5 cm³/mol. The first-order chi connectivity index (χ1) is 7.83. The number of aliphatic hydroxyl groups excluding tert-OH is 1. The van der Waals surface area contributed by atoms with Crippen molar-refractivity contribution in [3.05, 3.63) is 30.1 Å². The van der Waals surface area contributed by atoms with E-state index in [1.807, 2.05) is 13.0 Å². The van der Waals surface area contributed by atoms with Gasteiger partial charge in [0.25, 0.3) is 0 Å². The Morgan fingerprint density at radius 1 is 1.19 bits per heavy atom. The molecule has 2 rings (SSSR count). The van der Waals surface area contributed by atoms with Gasteiger partial charge in [-0.25, -0.2) is 0 Å². The minimum Gasteiger partial charge on any atom is -0.491 e. The molecule has 0 saturated carbocycles. The molecule has 0 spiro atoms. The van der Waals surface area contributed by atoms with E-state index in [4.69, 9.17) is 9.84 Å². The zero-order chi connectivity index (χ0) is 11.4. The van der Waals surface area contributed by atoms with Gasteiger partial charge in [0.1, 0.15) is 11.3 Å². The predicted octanol–water partition coefficient (Wildman–Crippen LogP) is 1.70. The van der Waals surface area contributed by atoms with Crippen LogP contribution in [-0.4, -0.2) is 28.3 Å². The van der Waals surface area contributed by atoms with Crippen molar-refractivity contribution in [3.8, 4) is 5.75 Å². The number of aliphatic hydroxyl groups is 1. The van der Waals surface area contributed by atoms with Gasteiger partial charge in [-0.05, 0) is 18.6 Å². The number of aromatic nitrogens is 2. The first kappa shape index (κ1) is 10.8. The highest BCUT2D eigenvalue weighted by atomic mass is 16.5. The molecule has 0 radical (unpaired) electrons. The van der Waals surface area contributed by atoms with Gasteiger partial charge >= 0.3 is 0 Å². The molecule has 0 aliphatic rings. The normalized spacial score (nSPS) is 10.6. The fourth-order valence-electron chi connectivity index (χ4n) is 1.52. The van der Waals surface area contributed by atoms with Crippen LogP contribution in [0.3, 0.4) is 0 Å². The van der Waals surface area contributed by atoms with E-state index in [-0.39, 0.29) is 6.61 Å². The van der Waals surface area contributed by atoms with Crippen LogP contribution in [0.5, 0.6) is 5.75 Å². The van der Waals surface area contributed by atoms with Crippen LogP contribution >= 0.6 is 0 Å². The lowest BCUT2D eigenvalue weighted by atomic mass is 10.2. The summed E-state index contributed by atoms with van der Waals surface area (Å²) in [6.45, 7) is 2.62. The zero-order valence-corrected chi connectivity index (χ0v) is 9.18. The molecule has 2 aromatic rings. The van der Waals surface area contributed by atoms with Gasteiger partial charge in [-0.1, -0.05) is 0 Å². The third-order valence-corrected chi connectivity index (χ3v) is 2.35. The van der Waals surface area contributed by atoms with E-state index in [0.29, 0.717) is 13.0 Å². The maximum absolute atomic E-state index is 8.69. The van der Waals surface area contributed by atoms with Crippen LogP contribution in [0.25, 0.3) is 11.0 Å². The molecule has 4 nitrogen and oxygen atoms in total. The molecule has 1 N–H and O–H groups in total. The molecule has 2 heterocycles. The molecule has 0 fully saturated rings. The average Bonchev–Trinajstić information content (AvgIpc) is 2.31. The fourth-order valence-corrected chi connectivity index (χ4v) is 1.52. The first-order valence-corrected chi connectivity index (χ1v) is 5.27. The second-order valence-electron chi connectivity index (χ2n) is 3.56. The maximum atomic E-state index is 8.69. The number of hydrogen-bond acceptors (Lipinski definition) is 4. The van der Waals surface area contributed by atoms with Crippen molar-refractivity contribution in [2.45, 2.75) is 13.3 Å². The first-order valence-electron chi connectivity index (χ1n) is 5.27. The van der Waals surface area contributed by atoms with Crippen LogP contribution in [-0.2, 0) is 0 Å². The largest absolute Gasteiger partial charge is 0.491 e. The second-order valence-corrected chi connectivity index (χ2v) is 3.56. The third kappa shape index (κ3) is 2.12. The molecule has 0 amide bonds. The van der Waals surface area contributed by atoms with E-state index in [9.17, 15) is 0 Å². The summed E-state index contributed by atoms with van der Waals surface area (Å²) in [6.07, 6.45) is 4.08. The highest BCUT2D eigenvalue weighted by Gasteiger charge is 2.05. The average molecular weight is 218 g/mol. The summed E-state index contributed by atoms with van der Waals surface area (Å²) in [5.74, 6) is 0.724. The maximum Gasteiger partial charge on any atom is 0.148 e. The summed E-state index contributed by atoms with van der Waals surface area (Å²) in [5.41, 5.74) is 2.72. The molecule has 0 aliphatic heterocycles. The third-order valence-electron chi connectivity index (χ3n) is 2.35. The van der Waals surface area contributed by atoms with Gasteiger partial charge in [-0.3, -0.25) is 9.97 Å². The van der Waals surface area contributed by atoms with Crippen LogP contribution < -0.4 is 4.74 Å². The number of fused-ring (bicyclic) bond motifs is 1. The Kier molecular flexibility index (Phi) is 3.31. The highest BCUT2D eigenvalue weighted by Crippen LogP contribution is 2.23. The van der Waals surface area contributed by atoms with Crippen molar-refractivity contribution >= 4 is 11.0 Å². The minimum atomic E-state index is 0.134. The molecule has 4 heteroatoms. The molecule has 0 aliphatic carbocycles. The molecule has 0 bridgehead atoms. The van der Waals surface area contributed by atoms with Gasteiger partial charge < -0.3 is 9.84 Å². The summed E-state index contributed by atoms with van der Waals surface area (Å²) < 4.78 is 5.55. The highest BCUT2D eigenvalue weighted by molar-refractivity contribution is 5.82. The van der Waals surface area contributed by atoms with Gasteiger partial charge in [-0.15, -0.1) is 0 Å². The molecule has 0 atom stereocenters. The van der Waals surface area contributed by atoms with Crippen LogP contribution in [0.4, 0.5) is 0 Å². The van der Waals surface area contributed by atoms with Crippen LogP contribution in [0, 0.1) is 6.92 Å². The van der Waals surface area contributed by atoms with Crippen molar-refractivity contribution < 1.29 is 9.84 Å².